The number of benzene rings is 2. The Bertz CT molecular complexity index is 372. The summed E-state index contributed by atoms with van der Waals surface area (Å²) in [6, 6.07) is 17.9. The molecule has 0 amide bonds. The molecule has 0 atom stereocenters. The average Bonchev–Trinajstić information content (AvgIpc) is 2.27. The molecule has 1 radical (unpaired) electrons. The maximum Gasteiger partial charge on any atom is 0.115 e. The van der Waals surface area contributed by atoms with Gasteiger partial charge in [0.05, 0.1) is 0 Å². The quantitative estimate of drug-likeness (QED) is 0.703. The van der Waals surface area contributed by atoms with Crippen LogP contribution >= 0.6 is 0 Å². The normalized spacial score (nSPS) is 8.38. The molecule has 2 aromatic rings. The molecule has 1 N–H and O–H groups in total. The van der Waals surface area contributed by atoms with Crippen molar-refractivity contribution in [2.45, 2.75) is 13.8 Å². The number of phenols is 1. The molecule has 2 aromatic carbocycles. The molecule has 2 heteroatoms. The van der Waals surface area contributed by atoms with Crippen molar-refractivity contribution in [2.24, 2.45) is 0 Å². The third-order valence-corrected chi connectivity index (χ3v) is 2.10. The number of hydrogen-bond donors (Lipinski definition) is 1. The molecule has 0 fully saturated rings. The summed E-state index contributed by atoms with van der Waals surface area (Å²) in [7, 11) is 0. The van der Waals surface area contributed by atoms with Crippen LogP contribution in [0.5, 0.6) is 5.75 Å². The van der Waals surface area contributed by atoms with Crippen LogP contribution in [-0.4, -0.2) is 5.11 Å². The molecule has 81 valence electrons. The molecule has 0 aliphatic rings. The molecular weight excluding hydrogens is 229 g/mol. The first-order valence-corrected chi connectivity index (χ1v) is 4.87. The van der Waals surface area contributed by atoms with Crippen molar-refractivity contribution in [3.63, 3.8) is 0 Å². The summed E-state index contributed by atoms with van der Waals surface area (Å²) in [5, 5.41) is 8.94. The fraction of sp³-hybridized carbons (Fsp3) is 0.143. The second-order valence-electron chi connectivity index (χ2n) is 3.35. The Balaban J connectivity index is 0.000000283. The molecule has 0 bridgehead atoms. The van der Waals surface area contributed by atoms with Crippen molar-refractivity contribution in [3.8, 4) is 5.75 Å². The molecule has 0 aliphatic heterocycles. The first-order chi connectivity index (χ1) is 7.20. The van der Waals surface area contributed by atoms with E-state index in [1.807, 2.05) is 50.2 Å². The molecular formula is C14H15OSc-. The van der Waals surface area contributed by atoms with Crippen molar-refractivity contribution < 1.29 is 30.9 Å². The fourth-order valence-corrected chi connectivity index (χ4v) is 1.07. The predicted octanol–water partition coefficient (Wildman–Crippen LogP) is 3.49. The molecule has 0 spiro atoms. The van der Waals surface area contributed by atoms with E-state index in [1.54, 1.807) is 12.1 Å². The van der Waals surface area contributed by atoms with Crippen LogP contribution in [-0.2, 0) is 25.8 Å². The minimum absolute atomic E-state index is 0. The third-order valence-electron chi connectivity index (χ3n) is 2.10. The van der Waals surface area contributed by atoms with Gasteiger partial charge in [0.25, 0.3) is 0 Å². The number of phenolic OH excluding ortho intramolecular Hbond substituents is 1. The first kappa shape index (κ1) is 15.1. The third kappa shape index (κ3) is 5.86. The Hall–Kier alpha value is -0.890. The molecule has 0 aromatic heterocycles. The van der Waals surface area contributed by atoms with Crippen LogP contribution in [0.15, 0.2) is 48.5 Å². The molecule has 0 aliphatic carbocycles. The monoisotopic (exact) mass is 244 g/mol. The van der Waals surface area contributed by atoms with Gasteiger partial charge in [-0.2, -0.15) is 36.4 Å². The van der Waals surface area contributed by atoms with Gasteiger partial charge in [0.1, 0.15) is 5.75 Å². The average molecular weight is 244 g/mol. The smallest absolute Gasteiger partial charge is 0.115 e. The van der Waals surface area contributed by atoms with Crippen molar-refractivity contribution in [1.29, 1.82) is 0 Å². The van der Waals surface area contributed by atoms with Crippen molar-refractivity contribution in [2.75, 3.05) is 0 Å². The number of rotatable bonds is 0. The van der Waals surface area contributed by atoms with Crippen molar-refractivity contribution >= 4 is 0 Å². The number of hydrogen-bond acceptors (Lipinski definition) is 1. The van der Waals surface area contributed by atoms with Gasteiger partial charge in [-0.25, -0.2) is 0 Å². The van der Waals surface area contributed by atoms with Crippen molar-refractivity contribution in [3.05, 3.63) is 65.7 Å². The van der Waals surface area contributed by atoms with E-state index in [0.717, 1.165) is 5.56 Å². The Kier molecular flexibility index (Phi) is 7.82. The van der Waals surface area contributed by atoms with Crippen LogP contribution in [0.3, 0.4) is 0 Å². The molecule has 0 saturated carbocycles. The zero-order chi connectivity index (χ0) is 11.1. The summed E-state index contributed by atoms with van der Waals surface area (Å²) in [5.41, 5.74) is 2.35. The minimum atomic E-state index is 0. The first-order valence-electron chi connectivity index (χ1n) is 4.87. The van der Waals surface area contributed by atoms with Crippen LogP contribution < -0.4 is 0 Å². The van der Waals surface area contributed by atoms with Gasteiger partial charge in [0, 0.05) is 25.8 Å². The van der Waals surface area contributed by atoms with Gasteiger partial charge in [0.2, 0.25) is 0 Å². The van der Waals surface area contributed by atoms with Gasteiger partial charge in [-0.1, -0.05) is 6.07 Å². The van der Waals surface area contributed by atoms with E-state index < -0.39 is 0 Å². The van der Waals surface area contributed by atoms with Crippen LogP contribution in [0.25, 0.3) is 0 Å². The number of aryl methyl sites for hydroxylation is 2. The Morgan fingerprint density at radius 3 is 1.88 bits per heavy atom. The van der Waals surface area contributed by atoms with E-state index in [2.05, 4.69) is 6.07 Å². The molecule has 0 unspecified atom stereocenters. The minimum Gasteiger partial charge on any atom is -0.508 e. The number of aromatic hydroxyl groups is 1. The van der Waals surface area contributed by atoms with Gasteiger partial charge >= 0.3 is 0 Å². The Morgan fingerprint density at radius 2 is 1.56 bits per heavy atom. The Labute approximate surface area is 116 Å². The zero-order valence-electron chi connectivity index (χ0n) is 9.64. The Morgan fingerprint density at radius 1 is 0.938 bits per heavy atom. The van der Waals surface area contributed by atoms with Gasteiger partial charge < -0.3 is 5.11 Å². The topological polar surface area (TPSA) is 20.2 Å². The maximum atomic E-state index is 8.94. The van der Waals surface area contributed by atoms with E-state index in [4.69, 9.17) is 5.11 Å². The van der Waals surface area contributed by atoms with E-state index in [0.29, 0.717) is 5.75 Å². The zero-order valence-corrected chi connectivity index (χ0v) is 11.4. The van der Waals surface area contributed by atoms with Crippen LogP contribution in [0.1, 0.15) is 11.1 Å². The van der Waals surface area contributed by atoms with E-state index in [9.17, 15) is 0 Å². The summed E-state index contributed by atoms with van der Waals surface area (Å²) < 4.78 is 0. The van der Waals surface area contributed by atoms with Crippen LogP contribution in [0.2, 0.25) is 0 Å². The summed E-state index contributed by atoms with van der Waals surface area (Å²) in [4.78, 5) is 0. The summed E-state index contributed by atoms with van der Waals surface area (Å²) >= 11 is 0. The van der Waals surface area contributed by atoms with Gasteiger partial charge in [-0.15, -0.1) is 0 Å². The molecule has 2 rings (SSSR count). The second-order valence-corrected chi connectivity index (χ2v) is 3.35. The standard InChI is InChI=1S/C8H10O.C6H5.Sc/c1-6-3-4-8(9)5-7(6)2;1-2-4-6-5-3-1;/h3-5,9H,1-2H3;1-5H;/q;-1;. The second kappa shape index (κ2) is 8.28. The van der Waals surface area contributed by atoms with E-state index >= 15 is 0 Å². The van der Waals surface area contributed by atoms with Gasteiger partial charge in [-0.05, 0) is 37.1 Å². The summed E-state index contributed by atoms with van der Waals surface area (Å²) in [5.74, 6) is 0.345. The van der Waals surface area contributed by atoms with Crippen molar-refractivity contribution in [1.82, 2.24) is 0 Å². The molecule has 0 saturated heterocycles. The fourth-order valence-electron chi connectivity index (χ4n) is 1.07. The molecule has 1 nitrogen and oxygen atoms in total. The van der Waals surface area contributed by atoms with Gasteiger partial charge in [-0.3, -0.25) is 0 Å². The largest absolute Gasteiger partial charge is 0.508 e. The molecule has 0 heterocycles. The van der Waals surface area contributed by atoms with Crippen LogP contribution in [0.4, 0.5) is 0 Å². The van der Waals surface area contributed by atoms with E-state index in [-0.39, 0.29) is 25.8 Å². The van der Waals surface area contributed by atoms with Gasteiger partial charge in [0.15, 0.2) is 0 Å². The predicted molar refractivity (Wildman–Crippen MR) is 62.9 cm³/mol. The summed E-state index contributed by atoms with van der Waals surface area (Å²) in [6.07, 6.45) is 0. The SMILES string of the molecule is Cc1ccc(O)cc1C.[Sc].[c-]1ccccc1. The van der Waals surface area contributed by atoms with E-state index in [1.165, 1.54) is 5.56 Å². The maximum absolute atomic E-state index is 8.94. The van der Waals surface area contributed by atoms with Crippen LogP contribution in [0, 0.1) is 19.9 Å². The molecule has 16 heavy (non-hydrogen) atoms. The summed E-state index contributed by atoms with van der Waals surface area (Å²) in [6.45, 7) is 4.00.